The third-order valence-electron chi connectivity index (χ3n) is 2.36. The van der Waals surface area contributed by atoms with Crippen molar-refractivity contribution in [3.63, 3.8) is 0 Å². The number of benzene rings is 1. The van der Waals surface area contributed by atoms with Crippen LogP contribution in [-0.4, -0.2) is 11.2 Å². The van der Waals surface area contributed by atoms with Gasteiger partial charge in [-0.2, -0.15) is 0 Å². The van der Waals surface area contributed by atoms with Crippen molar-refractivity contribution in [1.82, 2.24) is 0 Å². The van der Waals surface area contributed by atoms with E-state index < -0.39 is 0 Å². The number of halogens is 1. The van der Waals surface area contributed by atoms with Gasteiger partial charge in [0.2, 0.25) is 0 Å². The van der Waals surface area contributed by atoms with E-state index in [4.69, 9.17) is 9.47 Å². The third kappa shape index (κ3) is 7.71. The highest BCUT2D eigenvalue weighted by Crippen LogP contribution is 2.21. The molecule has 19 heavy (non-hydrogen) atoms. The molecule has 0 bridgehead atoms. The Hall–Kier alpha value is -0.380. The molecule has 1 aromatic carbocycles. The molecule has 0 atom stereocenters. The molecule has 108 valence electrons. The van der Waals surface area contributed by atoms with E-state index in [2.05, 4.69) is 75.7 Å². The van der Waals surface area contributed by atoms with Crippen LogP contribution in [0.25, 0.3) is 0 Å². The maximum absolute atomic E-state index is 5.81. The summed E-state index contributed by atoms with van der Waals surface area (Å²) in [5.74, 6) is 0. The molecule has 0 aromatic heterocycles. The van der Waals surface area contributed by atoms with E-state index in [0.29, 0.717) is 13.2 Å². The van der Waals surface area contributed by atoms with Gasteiger partial charge in [0, 0.05) is 4.47 Å². The fraction of sp³-hybridized carbons (Fsp3) is 0.625. The van der Waals surface area contributed by atoms with E-state index in [1.165, 1.54) is 0 Å². The molecule has 0 aliphatic carbocycles. The first kappa shape index (κ1) is 16.7. The molecule has 1 rings (SSSR count). The highest BCUT2D eigenvalue weighted by Gasteiger charge is 2.12. The van der Waals surface area contributed by atoms with Gasteiger partial charge in [0.25, 0.3) is 0 Å². The molecular formula is C16H25BrO2. The largest absolute Gasteiger partial charge is 0.371 e. The minimum absolute atomic E-state index is 0.121. The molecule has 0 fully saturated rings. The molecule has 0 heterocycles. The molecule has 0 aliphatic rings. The van der Waals surface area contributed by atoms with Crippen LogP contribution in [0.1, 0.15) is 52.7 Å². The Bertz CT molecular complexity index is 377. The Morgan fingerprint density at radius 1 is 0.789 bits per heavy atom. The SMILES string of the molecule is CC(C)(C)OCc1cc(Br)cc(COC(C)(C)C)c1. The van der Waals surface area contributed by atoms with E-state index in [1.807, 2.05) is 0 Å². The summed E-state index contributed by atoms with van der Waals surface area (Å²) in [5.41, 5.74) is 2.09. The van der Waals surface area contributed by atoms with Crippen LogP contribution in [-0.2, 0) is 22.7 Å². The number of ether oxygens (including phenoxy) is 2. The summed E-state index contributed by atoms with van der Waals surface area (Å²) in [5, 5.41) is 0. The second-order valence-corrected chi connectivity index (χ2v) is 7.69. The molecule has 2 nitrogen and oxygen atoms in total. The van der Waals surface area contributed by atoms with Crippen molar-refractivity contribution in [1.29, 1.82) is 0 Å². The highest BCUT2D eigenvalue weighted by atomic mass is 79.9. The molecule has 0 N–H and O–H groups in total. The standard InChI is InChI=1S/C16H25BrO2/c1-15(2,3)18-10-12-7-13(9-14(17)8-12)11-19-16(4,5)6/h7-9H,10-11H2,1-6H3. The lowest BCUT2D eigenvalue weighted by atomic mass is 10.1. The van der Waals surface area contributed by atoms with Crippen LogP contribution >= 0.6 is 15.9 Å². The van der Waals surface area contributed by atoms with E-state index in [9.17, 15) is 0 Å². The summed E-state index contributed by atoms with van der Waals surface area (Å²) in [6.07, 6.45) is 0. The Kier molecular flexibility index (Phi) is 5.60. The topological polar surface area (TPSA) is 18.5 Å². The molecule has 0 radical (unpaired) electrons. The summed E-state index contributed by atoms with van der Waals surface area (Å²) in [4.78, 5) is 0. The van der Waals surface area contributed by atoms with Crippen LogP contribution in [0.15, 0.2) is 22.7 Å². The molecule has 0 saturated carbocycles. The van der Waals surface area contributed by atoms with Gasteiger partial charge in [0.15, 0.2) is 0 Å². The summed E-state index contributed by atoms with van der Waals surface area (Å²) < 4.78 is 12.7. The Balaban J connectivity index is 2.71. The van der Waals surface area contributed by atoms with Gasteiger partial charge < -0.3 is 9.47 Å². The molecular weight excluding hydrogens is 304 g/mol. The van der Waals surface area contributed by atoms with E-state index in [1.54, 1.807) is 0 Å². The van der Waals surface area contributed by atoms with Crippen molar-refractivity contribution in [2.24, 2.45) is 0 Å². The zero-order valence-electron chi connectivity index (χ0n) is 12.8. The fourth-order valence-electron chi connectivity index (χ4n) is 1.48. The molecule has 0 spiro atoms. The normalized spacial score (nSPS) is 12.8. The first-order valence-corrected chi connectivity index (χ1v) is 7.41. The van der Waals surface area contributed by atoms with Crippen molar-refractivity contribution >= 4 is 15.9 Å². The quantitative estimate of drug-likeness (QED) is 0.767. The van der Waals surface area contributed by atoms with Crippen molar-refractivity contribution in [3.05, 3.63) is 33.8 Å². The number of rotatable bonds is 4. The lowest BCUT2D eigenvalue weighted by Crippen LogP contribution is -2.19. The first-order valence-electron chi connectivity index (χ1n) is 6.61. The number of hydrogen-bond donors (Lipinski definition) is 0. The lowest BCUT2D eigenvalue weighted by Gasteiger charge is -2.21. The zero-order valence-corrected chi connectivity index (χ0v) is 14.4. The monoisotopic (exact) mass is 328 g/mol. The van der Waals surface area contributed by atoms with Crippen molar-refractivity contribution in [3.8, 4) is 0 Å². The molecule has 0 saturated heterocycles. The average molecular weight is 329 g/mol. The van der Waals surface area contributed by atoms with Gasteiger partial charge in [-0.1, -0.05) is 22.0 Å². The predicted molar refractivity (Wildman–Crippen MR) is 83.2 cm³/mol. The van der Waals surface area contributed by atoms with Gasteiger partial charge in [-0.05, 0) is 64.8 Å². The van der Waals surface area contributed by atoms with Crippen LogP contribution in [0.4, 0.5) is 0 Å². The van der Waals surface area contributed by atoms with Gasteiger partial charge in [0.1, 0.15) is 0 Å². The van der Waals surface area contributed by atoms with Crippen molar-refractivity contribution in [2.45, 2.75) is 66.0 Å². The Labute approximate surface area is 125 Å². The summed E-state index contributed by atoms with van der Waals surface area (Å²) in [7, 11) is 0. The Morgan fingerprint density at radius 2 is 1.16 bits per heavy atom. The molecule has 0 aliphatic heterocycles. The molecule has 3 heteroatoms. The summed E-state index contributed by atoms with van der Waals surface area (Å²) in [6.45, 7) is 13.6. The maximum Gasteiger partial charge on any atom is 0.0724 e. The minimum Gasteiger partial charge on any atom is -0.371 e. The number of hydrogen-bond acceptors (Lipinski definition) is 2. The fourth-order valence-corrected chi connectivity index (χ4v) is 2.07. The summed E-state index contributed by atoms with van der Waals surface area (Å²) in [6, 6.07) is 6.32. The van der Waals surface area contributed by atoms with Crippen LogP contribution in [0.3, 0.4) is 0 Å². The maximum atomic E-state index is 5.81. The second-order valence-electron chi connectivity index (χ2n) is 6.77. The molecule has 1 aromatic rings. The van der Waals surface area contributed by atoms with Gasteiger partial charge in [-0.3, -0.25) is 0 Å². The lowest BCUT2D eigenvalue weighted by molar-refractivity contribution is -0.0171. The third-order valence-corrected chi connectivity index (χ3v) is 2.82. The predicted octanol–water partition coefficient (Wildman–Crippen LogP) is 5.08. The van der Waals surface area contributed by atoms with Gasteiger partial charge >= 0.3 is 0 Å². The van der Waals surface area contributed by atoms with Crippen LogP contribution in [0.5, 0.6) is 0 Å². The van der Waals surface area contributed by atoms with E-state index >= 15 is 0 Å². The van der Waals surface area contributed by atoms with Gasteiger partial charge in [-0.25, -0.2) is 0 Å². The highest BCUT2D eigenvalue weighted by molar-refractivity contribution is 9.10. The zero-order chi connectivity index (χ0) is 14.7. The van der Waals surface area contributed by atoms with Crippen molar-refractivity contribution in [2.75, 3.05) is 0 Å². The average Bonchev–Trinajstić information content (AvgIpc) is 2.21. The van der Waals surface area contributed by atoms with Gasteiger partial charge in [0.05, 0.1) is 24.4 Å². The summed E-state index contributed by atoms with van der Waals surface area (Å²) >= 11 is 3.54. The van der Waals surface area contributed by atoms with Gasteiger partial charge in [-0.15, -0.1) is 0 Å². The van der Waals surface area contributed by atoms with E-state index in [-0.39, 0.29) is 11.2 Å². The Morgan fingerprint density at radius 3 is 1.47 bits per heavy atom. The molecule has 0 amide bonds. The van der Waals surface area contributed by atoms with Crippen molar-refractivity contribution < 1.29 is 9.47 Å². The smallest absolute Gasteiger partial charge is 0.0724 e. The first-order chi connectivity index (χ1) is 8.55. The minimum atomic E-state index is -0.121. The van der Waals surface area contributed by atoms with Crippen LogP contribution in [0.2, 0.25) is 0 Å². The molecule has 0 unspecified atom stereocenters. The van der Waals surface area contributed by atoms with Crippen LogP contribution in [0, 0.1) is 0 Å². The van der Waals surface area contributed by atoms with Crippen LogP contribution < -0.4 is 0 Å². The second kappa shape index (κ2) is 6.38. The van der Waals surface area contributed by atoms with E-state index in [0.717, 1.165) is 15.6 Å².